The summed E-state index contributed by atoms with van der Waals surface area (Å²) >= 11 is 6.84. The second kappa shape index (κ2) is 12.7. The van der Waals surface area contributed by atoms with Gasteiger partial charge in [0.05, 0.1) is 30.9 Å². The molecule has 1 heterocycles. The molecular formula is C28H24ClFN2O6S. The Morgan fingerprint density at radius 3 is 2.59 bits per heavy atom. The van der Waals surface area contributed by atoms with Crippen LogP contribution in [0.2, 0.25) is 5.02 Å². The van der Waals surface area contributed by atoms with Gasteiger partial charge in [0, 0.05) is 5.02 Å². The summed E-state index contributed by atoms with van der Waals surface area (Å²) in [6.45, 7) is 1.96. The van der Waals surface area contributed by atoms with Gasteiger partial charge in [-0.05, 0) is 72.3 Å². The average Bonchev–Trinajstić information content (AvgIpc) is 3.17. The van der Waals surface area contributed by atoms with E-state index in [0.717, 1.165) is 22.7 Å². The Morgan fingerprint density at radius 1 is 1.05 bits per heavy atom. The number of benzene rings is 3. The molecule has 1 saturated heterocycles. The predicted molar refractivity (Wildman–Crippen MR) is 148 cm³/mol. The molecule has 8 nitrogen and oxygen atoms in total. The zero-order valence-corrected chi connectivity index (χ0v) is 22.6. The van der Waals surface area contributed by atoms with Crippen molar-refractivity contribution in [2.75, 3.05) is 25.6 Å². The monoisotopic (exact) mass is 570 g/mol. The quantitative estimate of drug-likeness (QED) is 0.293. The van der Waals surface area contributed by atoms with Crippen LogP contribution in [0.4, 0.5) is 14.9 Å². The van der Waals surface area contributed by atoms with Crippen molar-refractivity contribution in [1.82, 2.24) is 4.90 Å². The fourth-order valence-corrected chi connectivity index (χ4v) is 4.75. The maximum absolute atomic E-state index is 13.3. The van der Waals surface area contributed by atoms with Gasteiger partial charge in [-0.2, -0.15) is 0 Å². The van der Waals surface area contributed by atoms with Crippen molar-refractivity contribution in [2.24, 2.45) is 0 Å². The molecule has 3 aromatic carbocycles. The maximum Gasteiger partial charge on any atom is 0.293 e. The number of hydrogen-bond donors (Lipinski definition) is 1. The van der Waals surface area contributed by atoms with E-state index in [1.54, 1.807) is 42.5 Å². The van der Waals surface area contributed by atoms with Gasteiger partial charge >= 0.3 is 0 Å². The number of imide groups is 1. The van der Waals surface area contributed by atoms with E-state index in [4.69, 9.17) is 25.8 Å². The minimum Gasteiger partial charge on any atom is -0.493 e. The van der Waals surface area contributed by atoms with Crippen molar-refractivity contribution in [3.63, 3.8) is 0 Å². The SMILES string of the molecule is CCOc1ccccc1NC(=O)COc1ccc(/C=C2\SC(=O)N(Cc3ccc(F)cc3Cl)C2=O)cc1OC. The Morgan fingerprint density at radius 2 is 1.85 bits per heavy atom. The summed E-state index contributed by atoms with van der Waals surface area (Å²) in [5.74, 6) is -0.172. The summed E-state index contributed by atoms with van der Waals surface area (Å²) in [5.41, 5.74) is 1.57. The highest BCUT2D eigenvalue weighted by molar-refractivity contribution is 8.18. The molecule has 0 radical (unpaired) electrons. The summed E-state index contributed by atoms with van der Waals surface area (Å²) in [4.78, 5) is 39.1. The van der Waals surface area contributed by atoms with Gasteiger partial charge in [-0.1, -0.05) is 35.9 Å². The van der Waals surface area contributed by atoms with E-state index >= 15 is 0 Å². The number of thioether (sulfide) groups is 1. The molecule has 1 aliphatic rings. The molecule has 0 aromatic heterocycles. The Labute approximate surface area is 233 Å². The van der Waals surface area contributed by atoms with Gasteiger partial charge in [-0.3, -0.25) is 19.3 Å². The number of nitrogens with one attached hydrogen (secondary N) is 1. The van der Waals surface area contributed by atoms with E-state index in [9.17, 15) is 18.8 Å². The number of ether oxygens (including phenoxy) is 3. The van der Waals surface area contributed by atoms with Crippen LogP contribution in [0.25, 0.3) is 6.08 Å². The number of rotatable bonds is 10. The van der Waals surface area contributed by atoms with Crippen LogP contribution in [-0.2, 0) is 16.1 Å². The number of amides is 3. The molecule has 11 heteroatoms. The highest BCUT2D eigenvalue weighted by atomic mass is 35.5. The standard InChI is InChI=1S/C28H24ClFN2O6S/c1-3-37-22-7-5-4-6-21(22)31-26(33)16-38-23-11-8-17(12-24(23)36-2)13-25-27(34)32(28(35)39-25)15-18-9-10-19(30)14-20(18)29/h4-14H,3,15-16H2,1-2H3,(H,31,33)/b25-13-. The number of anilines is 1. The fourth-order valence-electron chi connectivity index (χ4n) is 3.68. The molecule has 0 spiro atoms. The number of hydrogen-bond acceptors (Lipinski definition) is 7. The highest BCUT2D eigenvalue weighted by Crippen LogP contribution is 2.36. The number of para-hydroxylation sites is 2. The summed E-state index contributed by atoms with van der Waals surface area (Å²) in [6.07, 6.45) is 1.56. The lowest BCUT2D eigenvalue weighted by Gasteiger charge is -2.14. The lowest BCUT2D eigenvalue weighted by molar-refractivity contribution is -0.123. The highest BCUT2D eigenvalue weighted by Gasteiger charge is 2.35. The van der Waals surface area contributed by atoms with Gasteiger partial charge in [0.15, 0.2) is 18.1 Å². The molecule has 1 aliphatic heterocycles. The third-order valence-electron chi connectivity index (χ3n) is 5.52. The van der Waals surface area contributed by atoms with Gasteiger partial charge in [-0.15, -0.1) is 0 Å². The largest absolute Gasteiger partial charge is 0.493 e. The molecular weight excluding hydrogens is 547 g/mol. The molecule has 0 bridgehead atoms. The molecule has 1 fully saturated rings. The first-order valence-electron chi connectivity index (χ1n) is 11.8. The van der Waals surface area contributed by atoms with Crippen LogP contribution in [0, 0.1) is 5.82 Å². The van der Waals surface area contributed by atoms with Crippen molar-refractivity contribution < 1.29 is 33.0 Å². The van der Waals surface area contributed by atoms with Crippen molar-refractivity contribution >= 4 is 52.2 Å². The molecule has 39 heavy (non-hydrogen) atoms. The molecule has 202 valence electrons. The van der Waals surface area contributed by atoms with E-state index in [-0.39, 0.29) is 29.0 Å². The van der Waals surface area contributed by atoms with Crippen LogP contribution in [0.5, 0.6) is 17.2 Å². The Kier molecular flexibility index (Phi) is 9.11. The lowest BCUT2D eigenvalue weighted by atomic mass is 10.1. The third-order valence-corrected chi connectivity index (χ3v) is 6.78. The molecule has 0 unspecified atom stereocenters. The Balaban J connectivity index is 1.42. The molecule has 4 rings (SSSR count). The van der Waals surface area contributed by atoms with E-state index in [1.807, 2.05) is 13.0 Å². The van der Waals surface area contributed by atoms with E-state index in [2.05, 4.69) is 5.32 Å². The van der Waals surface area contributed by atoms with E-state index in [1.165, 1.54) is 19.2 Å². The zero-order valence-electron chi connectivity index (χ0n) is 21.0. The summed E-state index contributed by atoms with van der Waals surface area (Å²) in [6, 6.07) is 15.8. The number of carbonyl (C=O) groups excluding carboxylic acids is 3. The number of carbonyl (C=O) groups is 3. The van der Waals surface area contributed by atoms with Crippen molar-refractivity contribution in [3.8, 4) is 17.2 Å². The summed E-state index contributed by atoms with van der Waals surface area (Å²) in [5, 5.41) is 2.42. The first-order chi connectivity index (χ1) is 18.8. The normalized spacial score (nSPS) is 14.1. The van der Waals surface area contributed by atoms with Crippen LogP contribution < -0.4 is 19.5 Å². The topological polar surface area (TPSA) is 94.2 Å². The first kappa shape index (κ1) is 28.0. The lowest BCUT2D eigenvalue weighted by Crippen LogP contribution is -2.27. The third kappa shape index (κ3) is 6.90. The summed E-state index contributed by atoms with van der Waals surface area (Å²) in [7, 11) is 1.45. The van der Waals surface area contributed by atoms with Gasteiger partial charge in [0.25, 0.3) is 17.1 Å². The molecule has 3 amide bonds. The summed E-state index contributed by atoms with van der Waals surface area (Å²) < 4.78 is 29.9. The van der Waals surface area contributed by atoms with E-state index in [0.29, 0.717) is 40.7 Å². The maximum atomic E-state index is 13.3. The van der Waals surface area contributed by atoms with Crippen LogP contribution >= 0.6 is 23.4 Å². The van der Waals surface area contributed by atoms with Crippen molar-refractivity contribution in [2.45, 2.75) is 13.5 Å². The number of methoxy groups -OCH3 is 1. The van der Waals surface area contributed by atoms with Crippen LogP contribution in [0.15, 0.2) is 65.6 Å². The molecule has 3 aromatic rings. The molecule has 0 aliphatic carbocycles. The van der Waals surface area contributed by atoms with Crippen molar-refractivity contribution in [3.05, 3.63) is 87.5 Å². The van der Waals surface area contributed by atoms with Gasteiger partial charge in [0.2, 0.25) is 0 Å². The minimum atomic E-state index is -0.508. The Bertz CT molecular complexity index is 1450. The van der Waals surface area contributed by atoms with E-state index < -0.39 is 17.0 Å². The molecule has 1 N–H and O–H groups in total. The zero-order chi connectivity index (χ0) is 27.9. The Hall–Kier alpha value is -4.02. The molecule has 0 saturated carbocycles. The fraction of sp³-hybridized carbons (Fsp3) is 0.179. The van der Waals surface area contributed by atoms with Crippen molar-refractivity contribution in [1.29, 1.82) is 0 Å². The van der Waals surface area contributed by atoms with Gasteiger partial charge in [-0.25, -0.2) is 4.39 Å². The van der Waals surface area contributed by atoms with Crippen LogP contribution in [-0.4, -0.2) is 42.3 Å². The van der Waals surface area contributed by atoms with Gasteiger partial charge < -0.3 is 19.5 Å². The van der Waals surface area contributed by atoms with Crippen LogP contribution in [0.1, 0.15) is 18.1 Å². The smallest absolute Gasteiger partial charge is 0.293 e. The molecule has 0 atom stereocenters. The van der Waals surface area contributed by atoms with Crippen LogP contribution in [0.3, 0.4) is 0 Å². The minimum absolute atomic E-state index is 0.0751. The second-order valence-corrected chi connectivity index (χ2v) is 9.58. The second-order valence-electron chi connectivity index (χ2n) is 8.18. The number of nitrogens with zero attached hydrogens (tertiary/aromatic N) is 1. The number of halogens is 2. The average molecular weight is 571 g/mol. The van der Waals surface area contributed by atoms with Gasteiger partial charge in [0.1, 0.15) is 11.6 Å². The first-order valence-corrected chi connectivity index (χ1v) is 13.0. The predicted octanol–water partition coefficient (Wildman–Crippen LogP) is 6.14.